The van der Waals surface area contributed by atoms with Gasteiger partial charge in [-0.3, -0.25) is 0 Å². The highest BCUT2D eigenvalue weighted by Gasteiger charge is 2.27. The van der Waals surface area contributed by atoms with Gasteiger partial charge in [0.1, 0.15) is 0 Å². The van der Waals surface area contributed by atoms with Gasteiger partial charge in [0.05, 0.1) is 39.4 Å². The molecule has 27 heavy (non-hydrogen) atoms. The summed E-state index contributed by atoms with van der Waals surface area (Å²) in [5, 5.41) is 2.15. The van der Waals surface area contributed by atoms with Crippen LogP contribution in [-0.2, 0) is 13.0 Å². The largest absolute Gasteiger partial charge is 0.493 e. The number of hydrogen-bond acceptors (Lipinski definition) is 4. The molecule has 2 N–H and O–H groups in total. The van der Waals surface area contributed by atoms with Crippen LogP contribution in [0.15, 0.2) is 36.5 Å². The first kappa shape index (κ1) is 18.8. The topological polar surface area (TPSA) is 72.3 Å². The highest BCUT2D eigenvalue weighted by atomic mass is 16.5. The zero-order valence-corrected chi connectivity index (χ0v) is 16.0. The highest BCUT2D eigenvalue weighted by molar-refractivity contribution is 5.91. The standard InChI is InChI=1S/C21H22NO4.H2O/c1-23-18-6-5-13-9-17-15-11-20(25-3)19(24-2)10-14(15)7-8-22(17)12-16(13)21(18)26-4;/h5-6,9-12H,7-8H2,1-4H3;1H2/q+1;. The Hall–Kier alpha value is -2.99. The van der Waals surface area contributed by atoms with Crippen LogP contribution >= 0.6 is 0 Å². The molecule has 0 saturated heterocycles. The number of benzene rings is 2. The Kier molecular flexibility index (Phi) is 5.10. The van der Waals surface area contributed by atoms with E-state index in [0.29, 0.717) is 0 Å². The van der Waals surface area contributed by atoms with Crippen molar-refractivity contribution in [3.8, 4) is 34.3 Å². The first-order valence-corrected chi connectivity index (χ1v) is 8.53. The third-order valence-electron chi connectivity index (χ3n) is 5.01. The minimum Gasteiger partial charge on any atom is -0.493 e. The Morgan fingerprint density at radius 2 is 1.52 bits per heavy atom. The maximum absolute atomic E-state index is 5.60. The number of ether oxygens (including phenoxy) is 4. The molecule has 6 nitrogen and oxygen atoms in total. The molecular formula is C21H24NO5+. The number of pyridine rings is 1. The van der Waals surface area contributed by atoms with E-state index in [1.807, 2.05) is 6.07 Å². The second-order valence-corrected chi connectivity index (χ2v) is 6.27. The summed E-state index contributed by atoms with van der Waals surface area (Å²) in [7, 11) is 6.67. The Morgan fingerprint density at radius 3 is 2.19 bits per heavy atom. The van der Waals surface area contributed by atoms with Gasteiger partial charge < -0.3 is 24.4 Å². The summed E-state index contributed by atoms with van der Waals surface area (Å²) in [5.41, 5.74) is 3.60. The summed E-state index contributed by atoms with van der Waals surface area (Å²) in [6, 6.07) is 10.3. The average molecular weight is 370 g/mol. The van der Waals surface area contributed by atoms with Gasteiger partial charge in [0.25, 0.3) is 0 Å². The van der Waals surface area contributed by atoms with Gasteiger partial charge in [-0.2, -0.15) is 4.57 Å². The van der Waals surface area contributed by atoms with Crippen molar-refractivity contribution in [2.45, 2.75) is 13.0 Å². The molecule has 1 aliphatic rings. The van der Waals surface area contributed by atoms with Gasteiger partial charge in [-0.25, -0.2) is 0 Å². The Bertz CT molecular complexity index is 1000. The number of nitrogens with zero attached hydrogens (tertiary/aromatic N) is 1. The molecular weight excluding hydrogens is 346 g/mol. The normalized spacial score (nSPS) is 11.9. The van der Waals surface area contributed by atoms with Gasteiger partial charge in [0.2, 0.25) is 5.69 Å². The number of rotatable bonds is 4. The fourth-order valence-corrected chi connectivity index (χ4v) is 3.71. The molecule has 0 spiro atoms. The van der Waals surface area contributed by atoms with E-state index in [-0.39, 0.29) is 5.48 Å². The van der Waals surface area contributed by atoms with Crippen LogP contribution in [0.5, 0.6) is 23.0 Å². The van der Waals surface area contributed by atoms with Crippen LogP contribution in [0.2, 0.25) is 0 Å². The van der Waals surface area contributed by atoms with Crippen molar-refractivity contribution in [1.82, 2.24) is 0 Å². The maximum atomic E-state index is 5.60. The second-order valence-electron chi connectivity index (χ2n) is 6.27. The summed E-state index contributed by atoms with van der Waals surface area (Å²) in [6.45, 7) is 0.897. The molecule has 0 aliphatic carbocycles. The van der Waals surface area contributed by atoms with E-state index in [0.717, 1.165) is 52.4 Å². The molecule has 4 rings (SSSR count). The minimum absolute atomic E-state index is 0. The fourth-order valence-electron chi connectivity index (χ4n) is 3.71. The number of aryl methyl sites for hydroxylation is 2. The quantitative estimate of drug-likeness (QED) is 0.662. The summed E-state index contributed by atoms with van der Waals surface area (Å²) < 4.78 is 24.3. The van der Waals surface area contributed by atoms with Crippen molar-refractivity contribution in [1.29, 1.82) is 0 Å². The number of fused-ring (bicyclic) bond motifs is 4. The van der Waals surface area contributed by atoms with Crippen molar-refractivity contribution in [2.75, 3.05) is 28.4 Å². The monoisotopic (exact) mass is 370 g/mol. The molecule has 0 unspecified atom stereocenters. The molecule has 142 valence electrons. The van der Waals surface area contributed by atoms with Crippen LogP contribution in [0.25, 0.3) is 22.0 Å². The van der Waals surface area contributed by atoms with Crippen LogP contribution in [0, 0.1) is 0 Å². The third-order valence-corrected chi connectivity index (χ3v) is 5.01. The van der Waals surface area contributed by atoms with Crippen LogP contribution in [0.1, 0.15) is 5.56 Å². The van der Waals surface area contributed by atoms with Gasteiger partial charge in [0.15, 0.2) is 35.7 Å². The van der Waals surface area contributed by atoms with Gasteiger partial charge in [0, 0.05) is 12.5 Å². The van der Waals surface area contributed by atoms with Crippen molar-refractivity contribution in [3.63, 3.8) is 0 Å². The molecule has 1 aromatic heterocycles. The first-order valence-electron chi connectivity index (χ1n) is 8.53. The maximum Gasteiger partial charge on any atom is 0.213 e. The van der Waals surface area contributed by atoms with Crippen LogP contribution in [0.4, 0.5) is 0 Å². The lowest BCUT2D eigenvalue weighted by molar-refractivity contribution is -0.686. The van der Waals surface area contributed by atoms with E-state index in [9.17, 15) is 0 Å². The molecule has 6 heteroatoms. The Labute approximate surface area is 158 Å². The van der Waals surface area contributed by atoms with Crippen molar-refractivity contribution in [2.24, 2.45) is 0 Å². The lowest BCUT2D eigenvalue weighted by atomic mass is 9.95. The number of methoxy groups -OCH3 is 4. The average Bonchev–Trinajstić information content (AvgIpc) is 2.70. The predicted octanol–water partition coefficient (Wildman–Crippen LogP) is 2.56. The van der Waals surface area contributed by atoms with Crippen molar-refractivity contribution < 1.29 is 29.0 Å². The molecule has 0 amide bonds. The molecule has 0 fully saturated rings. The molecule has 0 radical (unpaired) electrons. The smallest absolute Gasteiger partial charge is 0.213 e. The molecule has 2 heterocycles. The van der Waals surface area contributed by atoms with Crippen molar-refractivity contribution >= 4 is 10.8 Å². The fraction of sp³-hybridized carbons (Fsp3) is 0.286. The third kappa shape index (κ3) is 2.92. The van der Waals surface area contributed by atoms with E-state index < -0.39 is 0 Å². The van der Waals surface area contributed by atoms with Gasteiger partial charge in [-0.05, 0) is 35.2 Å². The zero-order valence-electron chi connectivity index (χ0n) is 16.0. The molecule has 2 aromatic carbocycles. The summed E-state index contributed by atoms with van der Waals surface area (Å²) in [4.78, 5) is 0. The molecule has 3 aromatic rings. The van der Waals surface area contributed by atoms with E-state index in [1.165, 1.54) is 11.1 Å². The Balaban J connectivity index is 0.00000210. The van der Waals surface area contributed by atoms with E-state index >= 15 is 0 Å². The first-order chi connectivity index (χ1) is 12.7. The molecule has 0 bridgehead atoms. The SMILES string of the molecule is COc1cc2c(cc1OC)-c1cc3ccc(OC)c(OC)c3c[n+]1CC2.O. The lowest BCUT2D eigenvalue weighted by Crippen LogP contribution is -2.40. The van der Waals surface area contributed by atoms with Gasteiger partial charge in [-0.15, -0.1) is 0 Å². The van der Waals surface area contributed by atoms with E-state index in [4.69, 9.17) is 18.9 Å². The molecule has 0 atom stereocenters. The number of hydrogen-bond donors (Lipinski definition) is 0. The summed E-state index contributed by atoms with van der Waals surface area (Å²) in [5.74, 6) is 3.01. The van der Waals surface area contributed by atoms with Gasteiger partial charge >= 0.3 is 0 Å². The zero-order chi connectivity index (χ0) is 18.3. The predicted molar refractivity (Wildman–Crippen MR) is 103 cm³/mol. The molecule has 1 aliphatic heterocycles. The lowest BCUT2D eigenvalue weighted by Gasteiger charge is -2.19. The van der Waals surface area contributed by atoms with Crippen LogP contribution in [-0.4, -0.2) is 33.9 Å². The van der Waals surface area contributed by atoms with Gasteiger partial charge in [-0.1, -0.05) is 0 Å². The van der Waals surface area contributed by atoms with Crippen LogP contribution < -0.4 is 23.5 Å². The van der Waals surface area contributed by atoms with E-state index in [2.05, 4.69) is 35.0 Å². The number of aromatic nitrogens is 1. The Morgan fingerprint density at radius 1 is 0.815 bits per heavy atom. The van der Waals surface area contributed by atoms with Crippen LogP contribution in [0.3, 0.4) is 0 Å². The van der Waals surface area contributed by atoms with Crippen molar-refractivity contribution in [3.05, 3.63) is 42.1 Å². The molecule has 0 saturated carbocycles. The minimum atomic E-state index is 0. The second kappa shape index (κ2) is 7.32. The summed E-state index contributed by atoms with van der Waals surface area (Å²) >= 11 is 0. The highest BCUT2D eigenvalue weighted by Crippen LogP contribution is 2.39. The van der Waals surface area contributed by atoms with E-state index in [1.54, 1.807) is 28.4 Å². The summed E-state index contributed by atoms with van der Waals surface area (Å²) in [6.07, 6.45) is 3.08.